The molecule has 6 heteroatoms. The zero-order valence-electron chi connectivity index (χ0n) is 14.8. The second-order valence-electron chi connectivity index (χ2n) is 5.86. The van der Waals surface area contributed by atoms with E-state index >= 15 is 0 Å². The Hall–Kier alpha value is -3.07. The number of halogens is 1. The van der Waals surface area contributed by atoms with E-state index in [-0.39, 0.29) is 18.6 Å². The zero-order valence-corrected chi connectivity index (χ0v) is 16.4. The number of rotatable bonds is 7. The number of carbonyl (C=O) groups excluding carboxylic acids is 1. The number of nitriles is 1. The predicted molar refractivity (Wildman–Crippen MR) is 112 cm³/mol. The lowest BCUT2D eigenvalue weighted by Gasteiger charge is -2.17. The van der Waals surface area contributed by atoms with E-state index < -0.39 is 0 Å². The van der Waals surface area contributed by atoms with Gasteiger partial charge in [0.2, 0.25) is 5.91 Å². The zero-order chi connectivity index (χ0) is 19.8. The van der Waals surface area contributed by atoms with Crippen LogP contribution in [0.2, 0.25) is 5.02 Å². The van der Waals surface area contributed by atoms with Gasteiger partial charge in [-0.1, -0.05) is 41.9 Å². The first-order valence-electron chi connectivity index (χ1n) is 8.53. The fourth-order valence-corrected chi connectivity index (χ4v) is 3.51. The molecule has 140 valence electrons. The summed E-state index contributed by atoms with van der Waals surface area (Å²) in [5, 5.41) is 14.2. The Morgan fingerprint density at radius 3 is 2.57 bits per heavy atom. The Morgan fingerprint density at radius 2 is 1.93 bits per heavy atom. The molecular formula is C22H17ClN2O2S. The first kappa shape index (κ1) is 19.7. The maximum Gasteiger partial charge on any atom is 0.244 e. The summed E-state index contributed by atoms with van der Waals surface area (Å²) in [6, 6.07) is 20.3. The highest BCUT2D eigenvalue weighted by molar-refractivity contribution is 7.10. The van der Waals surface area contributed by atoms with Crippen molar-refractivity contribution in [2.24, 2.45) is 0 Å². The Kier molecular flexibility index (Phi) is 6.85. The van der Waals surface area contributed by atoms with E-state index in [0.717, 1.165) is 16.0 Å². The standard InChI is InChI=1S/C22H17ClN2O2S/c23-18-8-6-17(7-9-18)22(20-2-1-15-28-20)25-21(26)12-5-16-3-10-19(11-4-16)27-14-13-24/h1-12,15,22H,14H2,(H,25,26)/b12-5+. The van der Waals surface area contributed by atoms with Crippen LogP contribution in [0.5, 0.6) is 5.75 Å². The Morgan fingerprint density at radius 1 is 1.18 bits per heavy atom. The van der Waals surface area contributed by atoms with Crippen LogP contribution in [-0.2, 0) is 4.79 Å². The lowest BCUT2D eigenvalue weighted by atomic mass is 10.1. The van der Waals surface area contributed by atoms with Crippen molar-refractivity contribution in [1.29, 1.82) is 5.26 Å². The number of nitrogens with zero attached hydrogens (tertiary/aromatic N) is 1. The largest absolute Gasteiger partial charge is 0.479 e. The minimum atomic E-state index is -0.240. The minimum Gasteiger partial charge on any atom is -0.479 e. The van der Waals surface area contributed by atoms with E-state index in [1.807, 2.05) is 60.0 Å². The summed E-state index contributed by atoms with van der Waals surface area (Å²) in [6.07, 6.45) is 3.23. The molecule has 4 nitrogen and oxygen atoms in total. The van der Waals surface area contributed by atoms with E-state index in [1.165, 1.54) is 6.08 Å². The molecule has 0 spiro atoms. The molecule has 0 fully saturated rings. The highest BCUT2D eigenvalue weighted by Crippen LogP contribution is 2.27. The van der Waals surface area contributed by atoms with E-state index in [1.54, 1.807) is 29.5 Å². The lowest BCUT2D eigenvalue weighted by Crippen LogP contribution is -2.27. The van der Waals surface area contributed by atoms with Gasteiger partial charge in [0.15, 0.2) is 6.61 Å². The highest BCUT2D eigenvalue weighted by atomic mass is 35.5. The molecule has 0 bridgehead atoms. The maximum atomic E-state index is 12.5. The number of benzene rings is 2. The third-order valence-corrected chi connectivity index (χ3v) is 5.12. The van der Waals surface area contributed by atoms with Gasteiger partial charge >= 0.3 is 0 Å². The van der Waals surface area contributed by atoms with Crippen LogP contribution in [0.1, 0.15) is 22.0 Å². The van der Waals surface area contributed by atoms with Crippen LogP contribution in [-0.4, -0.2) is 12.5 Å². The van der Waals surface area contributed by atoms with Crippen LogP contribution < -0.4 is 10.1 Å². The number of hydrogen-bond acceptors (Lipinski definition) is 4. The SMILES string of the molecule is N#CCOc1ccc(/C=C/C(=O)NC(c2ccc(Cl)cc2)c2cccs2)cc1. The summed E-state index contributed by atoms with van der Waals surface area (Å²) in [5.41, 5.74) is 1.83. The lowest BCUT2D eigenvalue weighted by molar-refractivity contribution is -0.116. The summed E-state index contributed by atoms with van der Waals surface area (Å²) >= 11 is 7.57. The number of thiophene rings is 1. The fraction of sp³-hybridized carbons (Fsp3) is 0.0909. The van der Waals surface area contributed by atoms with Gasteiger partial charge in [-0.05, 0) is 52.9 Å². The summed E-state index contributed by atoms with van der Waals surface area (Å²) in [5.74, 6) is 0.418. The predicted octanol–water partition coefficient (Wildman–Crippen LogP) is 5.22. The summed E-state index contributed by atoms with van der Waals surface area (Å²) in [7, 11) is 0. The average Bonchev–Trinajstić information content (AvgIpc) is 3.25. The molecule has 2 aromatic carbocycles. The minimum absolute atomic E-state index is 0.00635. The Bertz CT molecular complexity index is 975. The highest BCUT2D eigenvalue weighted by Gasteiger charge is 2.16. The topological polar surface area (TPSA) is 62.1 Å². The molecular weight excluding hydrogens is 392 g/mol. The number of ether oxygens (including phenoxy) is 1. The van der Waals surface area contributed by atoms with E-state index in [9.17, 15) is 4.79 Å². The van der Waals surface area contributed by atoms with Gasteiger partial charge in [0.1, 0.15) is 11.8 Å². The first-order chi connectivity index (χ1) is 13.7. The van der Waals surface area contributed by atoms with Crippen molar-refractivity contribution in [1.82, 2.24) is 5.32 Å². The van der Waals surface area contributed by atoms with Gasteiger partial charge < -0.3 is 10.1 Å². The number of hydrogen-bond donors (Lipinski definition) is 1. The molecule has 3 rings (SSSR count). The molecule has 28 heavy (non-hydrogen) atoms. The summed E-state index contributed by atoms with van der Waals surface area (Å²) in [6.45, 7) is 0.00635. The van der Waals surface area contributed by atoms with Crippen molar-refractivity contribution in [3.05, 3.63) is 93.1 Å². The van der Waals surface area contributed by atoms with Gasteiger partial charge in [-0.15, -0.1) is 11.3 Å². The molecule has 1 unspecified atom stereocenters. The second-order valence-corrected chi connectivity index (χ2v) is 7.27. The molecule has 0 aliphatic rings. The van der Waals surface area contributed by atoms with Gasteiger partial charge in [-0.25, -0.2) is 0 Å². The molecule has 0 aliphatic carbocycles. The van der Waals surface area contributed by atoms with Crippen molar-refractivity contribution >= 4 is 34.9 Å². The summed E-state index contributed by atoms with van der Waals surface area (Å²) in [4.78, 5) is 13.5. The molecule has 0 saturated carbocycles. The van der Waals surface area contributed by atoms with Crippen molar-refractivity contribution in [3.63, 3.8) is 0 Å². The van der Waals surface area contributed by atoms with Crippen molar-refractivity contribution < 1.29 is 9.53 Å². The van der Waals surface area contributed by atoms with Crippen LogP contribution in [0.4, 0.5) is 0 Å². The van der Waals surface area contributed by atoms with Crippen LogP contribution in [0, 0.1) is 11.3 Å². The molecule has 1 atom stereocenters. The molecule has 1 heterocycles. The van der Waals surface area contributed by atoms with Crippen LogP contribution in [0.25, 0.3) is 6.08 Å². The average molecular weight is 409 g/mol. The number of carbonyl (C=O) groups is 1. The van der Waals surface area contributed by atoms with Gasteiger partial charge in [0.25, 0.3) is 0 Å². The number of nitrogens with one attached hydrogen (secondary N) is 1. The molecule has 3 aromatic rings. The van der Waals surface area contributed by atoms with E-state index in [2.05, 4.69) is 5.32 Å². The molecule has 0 aliphatic heterocycles. The third-order valence-electron chi connectivity index (χ3n) is 3.93. The van der Waals surface area contributed by atoms with Gasteiger partial charge in [0.05, 0.1) is 6.04 Å². The van der Waals surface area contributed by atoms with Crippen molar-refractivity contribution in [2.75, 3.05) is 6.61 Å². The Labute approximate surface area is 172 Å². The fourth-order valence-electron chi connectivity index (χ4n) is 2.58. The molecule has 1 N–H and O–H groups in total. The van der Waals surface area contributed by atoms with Crippen molar-refractivity contribution in [3.8, 4) is 11.8 Å². The molecule has 0 radical (unpaired) electrons. The molecule has 1 aromatic heterocycles. The first-order valence-corrected chi connectivity index (χ1v) is 9.79. The Balaban J connectivity index is 1.69. The van der Waals surface area contributed by atoms with Crippen LogP contribution in [0.3, 0.4) is 0 Å². The monoisotopic (exact) mass is 408 g/mol. The van der Waals surface area contributed by atoms with Gasteiger partial charge in [0, 0.05) is 16.0 Å². The van der Waals surface area contributed by atoms with E-state index in [4.69, 9.17) is 21.6 Å². The van der Waals surface area contributed by atoms with Gasteiger partial charge in [-0.2, -0.15) is 5.26 Å². The van der Waals surface area contributed by atoms with E-state index in [0.29, 0.717) is 10.8 Å². The second kappa shape index (κ2) is 9.75. The maximum absolute atomic E-state index is 12.5. The normalized spacial score (nSPS) is 11.7. The quantitative estimate of drug-likeness (QED) is 0.545. The summed E-state index contributed by atoms with van der Waals surface area (Å²) < 4.78 is 5.21. The van der Waals surface area contributed by atoms with Gasteiger partial charge in [-0.3, -0.25) is 4.79 Å². The van der Waals surface area contributed by atoms with Crippen LogP contribution in [0.15, 0.2) is 72.1 Å². The molecule has 0 saturated heterocycles. The number of amides is 1. The smallest absolute Gasteiger partial charge is 0.244 e. The third kappa shape index (κ3) is 5.46. The van der Waals surface area contributed by atoms with Crippen LogP contribution >= 0.6 is 22.9 Å². The molecule has 1 amide bonds. The van der Waals surface area contributed by atoms with Crippen molar-refractivity contribution in [2.45, 2.75) is 6.04 Å².